The average Bonchev–Trinajstić information content (AvgIpc) is 2.08. The number of anilines is 1. The van der Waals surface area contributed by atoms with Crippen molar-refractivity contribution < 1.29 is 19.4 Å². The van der Waals surface area contributed by atoms with Crippen molar-refractivity contribution in [1.82, 2.24) is 0 Å². The Morgan fingerprint density at radius 3 is 2.62 bits per heavy atom. The number of aliphatic carboxylic acids is 1. The summed E-state index contributed by atoms with van der Waals surface area (Å²) in [4.78, 5) is 10.2. The van der Waals surface area contributed by atoms with Gasteiger partial charge in [-0.25, -0.2) is 9.18 Å². The molecule has 0 radical (unpaired) electrons. The Morgan fingerprint density at radius 2 is 2.15 bits per heavy atom. The molecule has 1 aromatic carbocycles. The molecule has 1 unspecified atom stereocenters. The average molecular weight is 185 g/mol. The lowest BCUT2D eigenvalue weighted by molar-refractivity contribution is -0.143. The fourth-order valence-electron chi connectivity index (χ4n) is 0.861. The van der Waals surface area contributed by atoms with Crippen LogP contribution in [-0.4, -0.2) is 16.2 Å². The molecule has 0 heterocycles. The maximum atomic E-state index is 12.8. The SMILES string of the molecule is Nc1ccc(C(F)C(=O)O)cc1O. The van der Waals surface area contributed by atoms with E-state index in [1.807, 2.05) is 0 Å². The van der Waals surface area contributed by atoms with Crippen molar-refractivity contribution in [3.05, 3.63) is 23.8 Å². The van der Waals surface area contributed by atoms with E-state index in [0.717, 1.165) is 6.07 Å². The molecule has 0 aliphatic heterocycles. The first-order valence-electron chi connectivity index (χ1n) is 3.47. The van der Waals surface area contributed by atoms with Crippen LogP contribution in [-0.2, 0) is 4.79 Å². The molecule has 0 bridgehead atoms. The monoisotopic (exact) mass is 185 g/mol. The molecule has 0 spiro atoms. The number of nitrogen functional groups attached to an aromatic ring is 1. The Labute approximate surface area is 73.4 Å². The Bertz CT molecular complexity index is 340. The summed E-state index contributed by atoms with van der Waals surface area (Å²) < 4.78 is 12.8. The van der Waals surface area contributed by atoms with Gasteiger partial charge in [0.2, 0.25) is 6.17 Å². The van der Waals surface area contributed by atoms with E-state index in [4.69, 9.17) is 15.9 Å². The number of nitrogens with two attached hydrogens (primary N) is 1. The van der Waals surface area contributed by atoms with E-state index in [2.05, 4.69) is 0 Å². The van der Waals surface area contributed by atoms with Crippen LogP contribution in [0.4, 0.5) is 10.1 Å². The molecule has 1 rings (SSSR count). The van der Waals surface area contributed by atoms with Crippen LogP contribution < -0.4 is 5.73 Å². The Hall–Kier alpha value is -1.78. The number of rotatable bonds is 2. The van der Waals surface area contributed by atoms with E-state index in [9.17, 15) is 9.18 Å². The van der Waals surface area contributed by atoms with Crippen molar-refractivity contribution in [2.45, 2.75) is 6.17 Å². The summed E-state index contributed by atoms with van der Waals surface area (Å²) in [5.41, 5.74) is 5.20. The molecule has 1 aromatic rings. The second kappa shape index (κ2) is 3.30. The molecule has 0 aromatic heterocycles. The summed E-state index contributed by atoms with van der Waals surface area (Å²) in [7, 11) is 0. The molecule has 1 atom stereocenters. The number of carboxylic acid groups (broad SMARTS) is 1. The summed E-state index contributed by atoms with van der Waals surface area (Å²) in [5.74, 6) is -1.91. The number of carboxylic acids is 1. The second-order valence-corrected chi connectivity index (χ2v) is 2.52. The minimum Gasteiger partial charge on any atom is -0.506 e. The predicted molar refractivity (Wildman–Crippen MR) is 44.0 cm³/mol. The van der Waals surface area contributed by atoms with Crippen LogP contribution in [0.3, 0.4) is 0 Å². The fourth-order valence-corrected chi connectivity index (χ4v) is 0.861. The van der Waals surface area contributed by atoms with Crippen molar-refractivity contribution in [2.24, 2.45) is 0 Å². The number of alkyl halides is 1. The zero-order valence-electron chi connectivity index (χ0n) is 6.57. The highest BCUT2D eigenvalue weighted by Crippen LogP contribution is 2.26. The van der Waals surface area contributed by atoms with E-state index >= 15 is 0 Å². The van der Waals surface area contributed by atoms with Gasteiger partial charge < -0.3 is 15.9 Å². The van der Waals surface area contributed by atoms with Crippen LogP contribution in [0.1, 0.15) is 11.7 Å². The highest BCUT2D eigenvalue weighted by Gasteiger charge is 2.18. The van der Waals surface area contributed by atoms with Crippen LogP contribution in [0.15, 0.2) is 18.2 Å². The third-order valence-electron chi connectivity index (χ3n) is 1.56. The van der Waals surface area contributed by atoms with Crippen LogP contribution in [0.5, 0.6) is 5.75 Å². The van der Waals surface area contributed by atoms with Gasteiger partial charge in [-0.1, -0.05) is 6.07 Å². The van der Waals surface area contributed by atoms with Gasteiger partial charge in [0, 0.05) is 5.56 Å². The van der Waals surface area contributed by atoms with Crippen LogP contribution in [0.2, 0.25) is 0 Å². The Morgan fingerprint density at radius 1 is 1.54 bits per heavy atom. The molecule has 70 valence electrons. The van der Waals surface area contributed by atoms with Crippen LogP contribution in [0, 0.1) is 0 Å². The fraction of sp³-hybridized carbons (Fsp3) is 0.125. The first-order valence-corrected chi connectivity index (χ1v) is 3.47. The minimum absolute atomic E-state index is 0.0846. The van der Waals surface area contributed by atoms with Crippen LogP contribution >= 0.6 is 0 Å². The van der Waals surface area contributed by atoms with Crippen LogP contribution in [0.25, 0.3) is 0 Å². The molecular weight excluding hydrogens is 177 g/mol. The van der Waals surface area contributed by atoms with Gasteiger partial charge in [-0.3, -0.25) is 0 Å². The molecule has 0 amide bonds. The number of phenolic OH excluding ortho intramolecular Hbond substituents is 1. The summed E-state index contributed by atoms with van der Waals surface area (Å²) in [6, 6.07) is 3.46. The molecule has 13 heavy (non-hydrogen) atoms. The number of aromatic hydroxyl groups is 1. The Balaban J connectivity index is 3.03. The number of phenols is 1. The van der Waals surface area contributed by atoms with Crippen molar-refractivity contribution >= 4 is 11.7 Å². The van der Waals surface area contributed by atoms with Crippen molar-refractivity contribution in [3.63, 3.8) is 0 Å². The van der Waals surface area contributed by atoms with Gasteiger partial charge >= 0.3 is 5.97 Å². The number of benzene rings is 1. The lowest BCUT2D eigenvalue weighted by atomic mass is 10.1. The van der Waals surface area contributed by atoms with Crippen molar-refractivity contribution in [1.29, 1.82) is 0 Å². The summed E-state index contributed by atoms with van der Waals surface area (Å²) in [6.07, 6.45) is -2.13. The van der Waals surface area contributed by atoms with E-state index in [0.29, 0.717) is 0 Å². The van der Waals surface area contributed by atoms with E-state index in [-0.39, 0.29) is 17.0 Å². The third-order valence-corrected chi connectivity index (χ3v) is 1.56. The third kappa shape index (κ3) is 1.87. The minimum atomic E-state index is -2.13. The standard InChI is InChI=1S/C8H8FNO3/c9-7(8(12)13)4-1-2-5(10)6(11)3-4/h1-3,7,11H,10H2,(H,12,13). The molecule has 4 N–H and O–H groups in total. The van der Waals surface area contributed by atoms with Crippen molar-refractivity contribution in [3.8, 4) is 5.75 Å². The van der Waals surface area contributed by atoms with E-state index in [1.165, 1.54) is 12.1 Å². The molecule has 0 fully saturated rings. The largest absolute Gasteiger partial charge is 0.506 e. The zero-order valence-corrected chi connectivity index (χ0v) is 6.57. The van der Waals surface area contributed by atoms with Gasteiger partial charge in [0.05, 0.1) is 5.69 Å². The topological polar surface area (TPSA) is 83.6 Å². The Kier molecular flexibility index (Phi) is 2.36. The van der Waals surface area contributed by atoms with Gasteiger partial charge in [0.25, 0.3) is 0 Å². The lowest BCUT2D eigenvalue weighted by Crippen LogP contribution is -2.05. The number of carbonyl (C=O) groups is 1. The van der Waals surface area contributed by atoms with Gasteiger partial charge in [-0.2, -0.15) is 0 Å². The number of halogens is 1. The van der Waals surface area contributed by atoms with E-state index < -0.39 is 12.1 Å². The molecule has 0 aliphatic carbocycles. The molecule has 0 aliphatic rings. The smallest absolute Gasteiger partial charge is 0.343 e. The predicted octanol–water partition coefficient (Wildman–Crippen LogP) is 1.07. The van der Waals surface area contributed by atoms with Crippen molar-refractivity contribution in [2.75, 3.05) is 5.73 Å². The molecule has 5 heteroatoms. The van der Waals surface area contributed by atoms with Gasteiger partial charge in [0.1, 0.15) is 5.75 Å². The highest BCUT2D eigenvalue weighted by atomic mass is 19.1. The normalized spacial score (nSPS) is 12.4. The maximum absolute atomic E-state index is 12.8. The van der Waals surface area contributed by atoms with Gasteiger partial charge in [-0.15, -0.1) is 0 Å². The molecular formula is C8H8FNO3. The van der Waals surface area contributed by atoms with Gasteiger partial charge in [-0.05, 0) is 12.1 Å². The first kappa shape index (κ1) is 9.31. The molecule has 0 saturated carbocycles. The van der Waals surface area contributed by atoms with Gasteiger partial charge in [0.15, 0.2) is 0 Å². The molecule has 0 saturated heterocycles. The number of hydrogen-bond donors (Lipinski definition) is 3. The highest BCUT2D eigenvalue weighted by molar-refractivity contribution is 5.74. The lowest BCUT2D eigenvalue weighted by Gasteiger charge is -2.04. The quantitative estimate of drug-likeness (QED) is 0.475. The van der Waals surface area contributed by atoms with E-state index in [1.54, 1.807) is 0 Å². The second-order valence-electron chi connectivity index (χ2n) is 2.52. The summed E-state index contributed by atoms with van der Waals surface area (Å²) in [5, 5.41) is 17.4. The number of hydrogen-bond acceptors (Lipinski definition) is 3. The maximum Gasteiger partial charge on any atom is 0.343 e. The summed E-state index contributed by atoms with van der Waals surface area (Å²) in [6.45, 7) is 0. The zero-order chi connectivity index (χ0) is 10.0. The molecule has 4 nitrogen and oxygen atoms in total. The summed E-state index contributed by atoms with van der Waals surface area (Å²) >= 11 is 0. The first-order chi connectivity index (χ1) is 6.02.